The molecule has 1 fully saturated rings. The van der Waals surface area contributed by atoms with Crippen molar-refractivity contribution in [1.82, 2.24) is 9.80 Å². The van der Waals surface area contributed by atoms with E-state index in [1.54, 1.807) is 56.6 Å². The molecule has 2 aliphatic heterocycles. The maximum absolute atomic E-state index is 13.8. The van der Waals surface area contributed by atoms with Gasteiger partial charge in [0, 0.05) is 37.8 Å². The Morgan fingerprint density at radius 1 is 0.917 bits per heavy atom. The van der Waals surface area contributed by atoms with E-state index in [9.17, 15) is 9.59 Å². The van der Waals surface area contributed by atoms with Crippen LogP contribution in [0.5, 0.6) is 17.2 Å². The number of benzene rings is 2. The number of nitrogens with zero attached hydrogens (tertiary/aromatic N) is 2. The van der Waals surface area contributed by atoms with E-state index in [-0.39, 0.29) is 17.1 Å². The normalized spacial score (nSPS) is 17.9. The molecule has 9 nitrogen and oxygen atoms in total. The van der Waals surface area contributed by atoms with Crippen LogP contribution in [0.15, 0.2) is 45.6 Å². The zero-order valence-electron chi connectivity index (χ0n) is 20.7. The van der Waals surface area contributed by atoms with Crippen LogP contribution in [0.25, 0.3) is 11.0 Å². The van der Waals surface area contributed by atoms with Crippen molar-refractivity contribution in [2.24, 2.45) is 0 Å². The van der Waals surface area contributed by atoms with E-state index in [2.05, 4.69) is 4.90 Å². The lowest BCUT2D eigenvalue weighted by atomic mass is 9.97. The maximum atomic E-state index is 13.8. The highest BCUT2D eigenvalue weighted by Crippen LogP contribution is 2.43. The van der Waals surface area contributed by atoms with E-state index in [1.807, 2.05) is 6.07 Å². The molecule has 9 heteroatoms. The van der Waals surface area contributed by atoms with Gasteiger partial charge < -0.3 is 28.3 Å². The largest absolute Gasteiger partial charge is 0.497 e. The first-order valence-corrected chi connectivity index (χ1v) is 12.0. The summed E-state index contributed by atoms with van der Waals surface area (Å²) in [5.74, 6) is 1.46. The Morgan fingerprint density at radius 3 is 2.36 bits per heavy atom. The van der Waals surface area contributed by atoms with Gasteiger partial charge in [-0.3, -0.25) is 14.5 Å². The van der Waals surface area contributed by atoms with Crippen LogP contribution < -0.4 is 19.6 Å². The first-order valence-electron chi connectivity index (χ1n) is 12.0. The Labute approximate surface area is 209 Å². The van der Waals surface area contributed by atoms with Crippen LogP contribution in [0.2, 0.25) is 0 Å². The van der Waals surface area contributed by atoms with Gasteiger partial charge in [0.25, 0.3) is 5.91 Å². The van der Waals surface area contributed by atoms with Crippen molar-refractivity contribution in [2.75, 3.05) is 60.7 Å². The summed E-state index contributed by atoms with van der Waals surface area (Å²) < 4.78 is 27.9. The number of rotatable bonds is 8. The monoisotopic (exact) mass is 494 g/mol. The van der Waals surface area contributed by atoms with E-state index < -0.39 is 6.04 Å². The molecular weight excluding hydrogens is 464 g/mol. The summed E-state index contributed by atoms with van der Waals surface area (Å²) >= 11 is 0. The van der Waals surface area contributed by atoms with Crippen LogP contribution in [0.1, 0.15) is 34.1 Å². The molecule has 2 aliphatic rings. The van der Waals surface area contributed by atoms with Crippen molar-refractivity contribution >= 4 is 16.9 Å². The third-order valence-corrected chi connectivity index (χ3v) is 6.88. The van der Waals surface area contributed by atoms with E-state index in [1.165, 1.54) is 0 Å². The SMILES string of the molecule is COc1ccc(OC)c([C@@H]2c3c(oc4cc(OC)ccc4c3=O)C(=O)N2CCCN2CCOCC2)c1. The summed E-state index contributed by atoms with van der Waals surface area (Å²) in [6.45, 7) is 4.44. The highest BCUT2D eigenvalue weighted by molar-refractivity contribution is 5.99. The Kier molecular flexibility index (Phi) is 6.84. The molecule has 0 N–H and O–H groups in total. The second kappa shape index (κ2) is 10.2. The molecule has 3 aromatic rings. The average molecular weight is 495 g/mol. The summed E-state index contributed by atoms with van der Waals surface area (Å²) in [4.78, 5) is 31.6. The lowest BCUT2D eigenvalue weighted by Gasteiger charge is -2.29. The summed E-state index contributed by atoms with van der Waals surface area (Å²) in [7, 11) is 4.69. The zero-order chi connectivity index (χ0) is 25.2. The Morgan fingerprint density at radius 2 is 1.64 bits per heavy atom. The fourth-order valence-corrected chi connectivity index (χ4v) is 5.02. The molecule has 1 saturated heterocycles. The van der Waals surface area contributed by atoms with E-state index in [0.717, 1.165) is 26.1 Å². The number of amides is 1. The molecule has 0 aliphatic carbocycles. The molecule has 36 heavy (non-hydrogen) atoms. The molecule has 1 amide bonds. The van der Waals surface area contributed by atoms with Crippen LogP contribution in [0.4, 0.5) is 0 Å². The van der Waals surface area contributed by atoms with Gasteiger partial charge in [-0.15, -0.1) is 0 Å². The van der Waals surface area contributed by atoms with Crippen molar-refractivity contribution in [3.63, 3.8) is 0 Å². The molecule has 3 heterocycles. The number of hydrogen-bond donors (Lipinski definition) is 0. The smallest absolute Gasteiger partial charge is 0.290 e. The predicted octanol–water partition coefficient (Wildman–Crippen LogP) is 3.09. The lowest BCUT2D eigenvalue weighted by molar-refractivity contribution is 0.0353. The second-order valence-corrected chi connectivity index (χ2v) is 8.85. The van der Waals surface area contributed by atoms with Gasteiger partial charge in [0.1, 0.15) is 22.8 Å². The average Bonchev–Trinajstić information content (AvgIpc) is 3.20. The van der Waals surface area contributed by atoms with Gasteiger partial charge >= 0.3 is 0 Å². The standard InChI is InChI=1S/C27H30N2O7/c1-32-17-6-8-21(34-3)20(15-17)24-23-25(30)19-7-5-18(33-2)16-22(19)36-26(23)27(31)29(24)10-4-9-28-11-13-35-14-12-28/h5-8,15-16,24H,4,9-14H2,1-3H3/t24-/m1/s1. The van der Waals surface area contributed by atoms with E-state index in [0.29, 0.717) is 59.1 Å². The fraction of sp³-hybridized carbons (Fsp3) is 0.407. The van der Waals surface area contributed by atoms with Crippen molar-refractivity contribution in [3.05, 3.63) is 63.5 Å². The highest BCUT2D eigenvalue weighted by Gasteiger charge is 2.43. The molecule has 0 spiro atoms. The molecule has 0 bridgehead atoms. The van der Waals surface area contributed by atoms with Crippen molar-refractivity contribution in [1.29, 1.82) is 0 Å². The van der Waals surface area contributed by atoms with E-state index >= 15 is 0 Å². The molecule has 1 atom stereocenters. The van der Waals surface area contributed by atoms with Gasteiger partial charge in [-0.2, -0.15) is 0 Å². The van der Waals surface area contributed by atoms with Crippen molar-refractivity contribution in [2.45, 2.75) is 12.5 Å². The second-order valence-electron chi connectivity index (χ2n) is 8.85. The van der Waals surface area contributed by atoms with Gasteiger partial charge in [0.15, 0.2) is 5.43 Å². The van der Waals surface area contributed by atoms with Gasteiger partial charge in [-0.1, -0.05) is 0 Å². The van der Waals surface area contributed by atoms with Gasteiger partial charge in [0.2, 0.25) is 5.76 Å². The predicted molar refractivity (Wildman–Crippen MR) is 133 cm³/mol. The number of hydrogen-bond acceptors (Lipinski definition) is 8. The number of methoxy groups -OCH3 is 3. The zero-order valence-corrected chi connectivity index (χ0v) is 20.7. The molecule has 2 aromatic carbocycles. The number of fused-ring (bicyclic) bond motifs is 2. The Bertz CT molecular complexity index is 1330. The summed E-state index contributed by atoms with van der Waals surface area (Å²) in [5, 5.41) is 0.393. The fourth-order valence-electron chi connectivity index (χ4n) is 5.02. The molecule has 0 unspecified atom stereocenters. The van der Waals surface area contributed by atoms with Crippen LogP contribution in [-0.4, -0.2) is 76.4 Å². The van der Waals surface area contributed by atoms with Crippen molar-refractivity contribution in [3.8, 4) is 17.2 Å². The first kappa shape index (κ1) is 24.1. The van der Waals surface area contributed by atoms with Crippen LogP contribution in [-0.2, 0) is 4.74 Å². The van der Waals surface area contributed by atoms with Crippen LogP contribution in [0, 0.1) is 0 Å². The number of morpholine rings is 1. The minimum Gasteiger partial charge on any atom is -0.497 e. The molecule has 1 aromatic heterocycles. The van der Waals surface area contributed by atoms with Crippen LogP contribution >= 0.6 is 0 Å². The lowest BCUT2D eigenvalue weighted by Crippen LogP contribution is -2.39. The van der Waals surface area contributed by atoms with Crippen LogP contribution in [0.3, 0.4) is 0 Å². The van der Waals surface area contributed by atoms with Gasteiger partial charge in [-0.05, 0) is 36.8 Å². The molecule has 5 rings (SSSR count). The summed E-state index contributed by atoms with van der Waals surface area (Å²) in [6.07, 6.45) is 0.740. The highest BCUT2D eigenvalue weighted by atomic mass is 16.5. The number of carbonyl (C=O) groups excluding carboxylic acids is 1. The Hall–Kier alpha value is -3.56. The first-order chi connectivity index (χ1) is 17.5. The molecular formula is C27H30N2O7. The third kappa shape index (κ3) is 4.29. The molecule has 0 radical (unpaired) electrons. The minimum atomic E-state index is -0.662. The molecule has 190 valence electrons. The summed E-state index contributed by atoms with van der Waals surface area (Å²) in [6, 6.07) is 9.75. The number of ether oxygens (including phenoxy) is 4. The number of carbonyl (C=O) groups is 1. The van der Waals surface area contributed by atoms with Gasteiger partial charge in [0.05, 0.1) is 51.5 Å². The third-order valence-electron chi connectivity index (χ3n) is 6.88. The maximum Gasteiger partial charge on any atom is 0.290 e. The van der Waals surface area contributed by atoms with Gasteiger partial charge in [-0.25, -0.2) is 0 Å². The van der Waals surface area contributed by atoms with E-state index in [4.69, 9.17) is 23.4 Å². The molecule has 0 saturated carbocycles. The van der Waals surface area contributed by atoms with Crippen molar-refractivity contribution < 1.29 is 28.2 Å². The summed E-state index contributed by atoms with van der Waals surface area (Å²) in [5.41, 5.74) is 1.07. The minimum absolute atomic E-state index is 0.0574. The topological polar surface area (TPSA) is 90.7 Å². The Balaban J connectivity index is 1.60. The quantitative estimate of drug-likeness (QED) is 0.472.